The number of nitrogens with zero attached hydrogens (tertiary/aromatic N) is 4. The minimum atomic E-state index is -0.283. The number of likely N-dealkylation sites (tertiary alicyclic amines) is 1. The molecular formula is C18H20N4O3. The Hall–Kier alpha value is -2.38. The summed E-state index contributed by atoms with van der Waals surface area (Å²) >= 11 is 0. The summed E-state index contributed by atoms with van der Waals surface area (Å²) in [7, 11) is 0. The van der Waals surface area contributed by atoms with Gasteiger partial charge in [-0.3, -0.25) is 9.78 Å². The number of aromatic nitrogens is 3. The lowest BCUT2D eigenvalue weighted by molar-refractivity contribution is -0.129. The van der Waals surface area contributed by atoms with Gasteiger partial charge in [-0.2, -0.15) is 0 Å². The highest BCUT2D eigenvalue weighted by molar-refractivity contribution is 5.91. The molecule has 7 heteroatoms. The molecule has 25 heavy (non-hydrogen) atoms. The third-order valence-corrected chi connectivity index (χ3v) is 4.86. The molecule has 4 heterocycles. The summed E-state index contributed by atoms with van der Waals surface area (Å²) < 4.78 is 11.8. The fourth-order valence-electron chi connectivity index (χ4n) is 3.45. The Morgan fingerprint density at radius 3 is 2.76 bits per heavy atom. The van der Waals surface area contributed by atoms with E-state index in [1.165, 1.54) is 0 Å². The molecule has 0 bridgehead atoms. The first-order chi connectivity index (χ1) is 12.3. The lowest BCUT2D eigenvalue weighted by Gasteiger charge is -2.49. The van der Waals surface area contributed by atoms with E-state index < -0.39 is 0 Å². The minimum Gasteiger partial charge on any atom is -0.375 e. The molecule has 0 radical (unpaired) electrons. The van der Waals surface area contributed by atoms with Gasteiger partial charge < -0.3 is 14.4 Å². The zero-order valence-electron chi connectivity index (χ0n) is 13.9. The highest BCUT2D eigenvalue weighted by Gasteiger charge is 2.54. The first-order valence-electron chi connectivity index (χ1n) is 8.45. The van der Waals surface area contributed by atoms with Gasteiger partial charge in [0.05, 0.1) is 32.0 Å². The Morgan fingerprint density at radius 2 is 2.00 bits per heavy atom. The molecule has 0 aromatic carbocycles. The molecule has 0 aliphatic carbocycles. The van der Waals surface area contributed by atoms with Crippen molar-refractivity contribution in [2.75, 3.05) is 26.3 Å². The molecule has 2 aromatic heterocycles. The minimum absolute atomic E-state index is 0.144. The smallest absolute Gasteiger partial charge is 0.291 e. The van der Waals surface area contributed by atoms with Crippen molar-refractivity contribution in [3.63, 3.8) is 0 Å². The van der Waals surface area contributed by atoms with Crippen molar-refractivity contribution in [2.45, 2.75) is 18.6 Å². The molecular weight excluding hydrogens is 320 g/mol. The Balaban J connectivity index is 1.31. The standard InChI is InChI=1S/C18H20N4O3/c23-17(16-20-7-3-8-21-16)22-12-18(13-22)14(5-9-25-18)10-24-11-15-4-1-2-6-19-15/h1-4,6-8,14H,5,9-13H2. The third kappa shape index (κ3) is 3.25. The summed E-state index contributed by atoms with van der Waals surface area (Å²) in [4.78, 5) is 26.4. The summed E-state index contributed by atoms with van der Waals surface area (Å²) in [5, 5.41) is 0. The van der Waals surface area contributed by atoms with Gasteiger partial charge in [-0.25, -0.2) is 9.97 Å². The Bertz CT molecular complexity index is 720. The van der Waals surface area contributed by atoms with Gasteiger partial charge in [0.2, 0.25) is 5.82 Å². The van der Waals surface area contributed by atoms with E-state index in [4.69, 9.17) is 9.47 Å². The zero-order chi connectivity index (χ0) is 17.1. The molecule has 2 aromatic rings. The second-order valence-corrected chi connectivity index (χ2v) is 6.47. The topological polar surface area (TPSA) is 77.4 Å². The van der Waals surface area contributed by atoms with Gasteiger partial charge >= 0.3 is 0 Å². The quantitative estimate of drug-likeness (QED) is 0.817. The molecule has 2 aliphatic heterocycles. The van der Waals surface area contributed by atoms with Crippen LogP contribution in [0, 0.1) is 5.92 Å². The van der Waals surface area contributed by atoms with Crippen LogP contribution < -0.4 is 0 Å². The predicted octanol–water partition coefficient (Wildman–Crippen LogP) is 1.32. The number of carbonyl (C=O) groups is 1. The van der Waals surface area contributed by atoms with E-state index in [1.54, 1.807) is 29.6 Å². The molecule has 0 saturated carbocycles. The van der Waals surface area contributed by atoms with Crippen molar-refractivity contribution in [3.05, 3.63) is 54.4 Å². The van der Waals surface area contributed by atoms with E-state index in [1.807, 2.05) is 18.2 Å². The van der Waals surface area contributed by atoms with Gasteiger partial charge in [0, 0.05) is 31.1 Å². The van der Waals surface area contributed by atoms with E-state index in [9.17, 15) is 4.79 Å². The second-order valence-electron chi connectivity index (χ2n) is 6.47. The molecule has 2 saturated heterocycles. The lowest BCUT2D eigenvalue weighted by Crippen LogP contribution is -2.66. The van der Waals surface area contributed by atoms with E-state index in [-0.39, 0.29) is 23.3 Å². The fourth-order valence-corrected chi connectivity index (χ4v) is 3.45. The normalized spacial score (nSPS) is 21.3. The highest BCUT2D eigenvalue weighted by atomic mass is 16.5. The van der Waals surface area contributed by atoms with Gasteiger partial charge in [-0.05, 0) is 24.6 Å². The summed E-state index contributed by atoms with van der Waals surface area (Å²) in [6, 6.07) is 7.49. The van der Waals surface area contributed by atoms with Crippen LogP contribution in [0.1, 0.15) is 22.7 Å². The van der Waals surface area contributed by atoms with Crippen molar-refractivity contribution in [1.82, 2.24) is 19.9 Å². The van der Waals surface area contributed by atoms with Crippen LogP contribution in [0.25, 0.3) is 0 Å². The van der Waals surface area contributed by atoms with Crippen molar-refractivity contribution < 1.29 is 14.3 Å². The summed E-state index contributed by atoms with van der Waals surface area (Å²) in [6.07, 6.45) is 5.87. The van der Waals surface area contributed by atoms with E-state index in [0.29, 0.717) is 32.9 Å². The number of pyridine rings is 1. The number of carbonyl (C=O) groups excluding carboxylic acids is 1. The van der Waals surface area contributed by atoms with Gasteiger partial charge in [0.15, 0.2) is 0 Å². The third-order valence-electron chi connectivity index (χ3n) is 4.86. The average Bonchev–Trinajstić information content (AvgIpc) is 3.05. The van der Waals surface area contributed by atoms with Gasteiger partial charge in [-0.15, -0.1) is 0 Å². The first-order valence-corrected chi connectivity index (χ1v) is 8.45. The molecule has 4 rings (SSSR count). The lowest BCUT2D eigenvalue weighted by atomic mass is 9.81. The first kappa shape index (κ1) is 16.1. The van der Waals surface area contributed by atoms with Crippen LogP contribution in [0.15, 0.2) is 42.9 Å². The van der Waals surface area contributed by atoms with Gasteiger partial charge in [-0.1, -0.05) is 6.07 Å². The second kappa shape index (κ2) is 6.85. The molecule has 1 unspecified atom stereocenters. The Morgan fingerprint density at radius 1 is 1.20 bits per heavy atom. The summed E-state index contributed by atoms with van der Waals surface area (Å²) in [6.45, 7) is 2.96. The van der Waals surface area contributed by atoms with E-state index >= 15 is 0 Å². The average molecular weight is 340 g/mol. The molecule has 0 N–H and O–H groups in total. The maximum Gasteiger partial charge on any atom is 0.291 e. The number of hydrogen-bond acceptors (Lipinski definition) is 6. The van der Waals surface area contributed by atoms with Crippen molar-refractivity contribution in [3.8, 4) is 0 Å². The Kier molecular flexibility index (Phi) is 4.42. The highest BCUT2D eigenvalue weighted by Crippen LogP contribution is 2.40. The van der Waals surface area contributed by atoms with Crippen LogP contribution in [0.5, 0.6) is 0 Å². The number of amides is 1. The number of ether oxygens (including phenoxy) is 2. The van der Waals surface area contributed by atoms with Crippen LogP contribution >= 0.6 is 0 Å². The molecule has 2 aliphatic rings. The van der Waals surface area contributed by atoms with Gasteiger partial charge in [0.1, 0.15) is 5.60 Å². The summed E-state index contributed by atoms with van der Waals surface area (Å²) in [5.41, 5.74) is 0.635. The fraction of sp³-hybridized carbons (Fsp3) is 0.444. The van der Waals surface area contributed by atoms with Crippen LogP contribution in [0.4, 0.5) is 0 Å². The number of rotatable bonds is 5. The van der Waals surface area contributed by atoms with E-state index in [0.717, 1.165) is 12.1 Å². The monoisotopic (exact) mass is 340 g/mol. The van der Waals surface area contributed by atoms with Crippen LogP contribution in [0.3, 0.4) is 0 Å². The van der Waals surface area contributed by atoms with Crippen LogP contribution in [0.2, 0.25) is 0 Å². The zero-order valence-corrected chi connectivity index (χ0v) is 13.9. The molecule has 1 spiro atoms. The van der Waals surface area contributed by atoms with E-state index in [2.05, 4.69) is 15.0 Å². The SMILES string of the molecule is O=C(c1ncccn1)N1CC2(C1)OCCC2COCc1ccccn1. The van der Waals surface area contributed by atoms with Crippen molar-refractivity contribution in [2.24, 2.45) is 5.92 Å². The summed E-state index contributed by atoms with van der Waals surface area (Å²) in [5.74, 6) is 0.380. The Labute approximate surface area is 146 Å². The number of hydrogen-bond donors (Lipinski definition) is 0. The van der Waals surface area contributed by atoms with Crippen LogP contribution in [-0.4, -0.2) is 57.7 Å². The van der Waals surface area contributed by atoms with Crippen LogP contribution in [-0.2, 0) is 16.1 Å². The molecule has 1 amide bonds. The molecule has 7 nitrogen and oxygen atoms in total. The van der Waals surface area contributed by atoms with Crippen molar-refractivity contribution >= 4 is 5.91 Å². The molecule has 130 valence electrons. The molecule has 1 atom stereocenters. The van der Waals surface area contributed by atoms with Crippen molar-refractivity contribution in [1.29, 1.82) is 0 Å². The maximum atomic E-state index is 12.4. The largest absolute Gasteiger partial charge is 0.375 e. The van der Waals surface area contributed by atoms with Gasteiger partial charge in [0.25, 0.3) is 5.91 Å². The maximum absolute atomic E-state index is 12.4. The molecule has 2 fully saturated rings. The predicted molar refractivity (Wildman–Crippen MR) is 88.6 cm³/mol.